The van der Waals surface area contributed by atoms with E-state index in [1.165, 1.54) is 20.6 Å². The maximum Gasteiger partial charge on any atom is 0.273 e. The van der Waals surface area contributed by atoms with Crippen LogP contribution in [0.5, 0.6) is 0 Å². The molecule has 0 rings (SSSR count). The zero-order valence-electron chi connectivity index (χ0n) is 18.3. The van der Waals surface area contributed by atoms with Crippen molar-refractivity contribution < 1.29 is 24.3 Å². The molecule has 0 spiro atoms. The number of methoxy groups -OCH3 is 1. The molecule has 0 aromatic heterocycles. The molecule has 3 amide bonds. The van der Waals surface area contributed by atoms with Crippen molar-refractivity contribution in [2.45, 2.75) is 84.8 Å². The minimum absolute atomic E-state index is 0.306. The minimum atomic E-state index is -1.13. The van der Waals surface area contributed by atoms with Gasteiger partial charge in [-0.2, -0.15) is 0 Å². The summed E-state index contributed by atoms with van der Waals surface area (Å²) < 4.78 is 5.20. The highest BCUT2D eigenvalue weighted by Crippen LogP contribution is 2.23. The van der Waals surface area contributed by atoms with Gasteiger partial charge in [0.15, 0.2) is 0 Å². The standard InChI is InChI=1S/C20H39N3O5/c1-7-8-9-10-11-12-13-14(15(28-6)18(25)23-27)17(24)22-16(19(26)21-5)20(2,3)4/h14-16,27H,7-13H2,1-6H3,(H,21,26)(H,22,24)(H,23,25)/t14-,15+,16?/m1/s1. The summed E-state index contributed by atoms with van der Waals surface area (Å²) in [4.78, 5) is 37.2. The third kappa shape index (κ3) is 9.01. The fourth-order valence-corrected chi connectivity index (χ4v) is 3.15. The van der Waals surface area contributed by atoms with E-state index in [1.807, 2.05) is 20.8 Å². The van der Waals surface area contributed by atoms with Crippen LogP contribution in [0, 0.1) is 11.3 Å². The highest BCUT2D eigenvalue weighted by atomic mass is 16.5. The van der Waals surface area contributed by atoms with Gasteiger partial charge in [-0.15, -0.1) is 0 Å². The maximum absolute atomic E-state index is 13.0. The van der Waals surface area contributed by atoms with E-state index in [-0.39, 0.29) is 5.91 Å². The second kappa shape index (κ2) is 13.5. The van der Waals surface area contributed by atoms with Crippen LogP contribution in [0.2, 0.25) is 0 Å². The predicted molar refractivity (Wildman–Crippen MR) is 108 cm³/mol. The highest BCUT2D eigenvalue weighted by molar-refractivity contribution is 5.92. The third-order valence-electron chi connectivity index (χ3n) is 4.85. The van der Waals surface area contributed by atoms with E-state index in [1.54, 1.807) is 5.48 Å². The largest absolute Gasteiger partial charge is 0.371 e. The molecule has 0 radical (unpaired) electrons. The Morgan fingerprint density at radius 1 is 0.964 bits per heavy atom. The molecule has 0 aromatic rings. The Labute approximate surface area is 169 Å². The van der Waals surface area contributed by atoms with Gasteiger partial charge in [0.25, 0.3) is 5.91 Å². The SMILES string of the molecule is CCCCCCCC[C@@H](C(=O)NC(C(=O)NC)C(C)(C)C)[C@H](OC)C(=O)NO. The van der Waals surface area contributed by atoms with Gasteiger partial charge in [0.2, 0.25) is 11.8 Å². The quantitative estimate of drug-likeness (QED) is 0.214. The number of unbranched alkanes of at least 4 members (excludes halogenated alkanes) is 5. The summed E-state index contributed by atoms with van der Waals surface area (Å²) in [5.74, 6) is -2.33. The smallest absolute Gasteiger partial charge is 0.273 e. The number of likely N-dealkylation sites (N-methyl/N-ethyl adjacent to an activating group) is 1. The predicted octanol–water partition coefficient (Wildman–Crippen LogP) is 2.15. The number of hydrogen-bond donors (Lipinski definition) is 4. The molecule has 0 saturated heterocycles. The van der Waals surface area contributed by atoms with E-state index in [2.05, 4.69) is 17.6 Å². The topological polar surface area (TPSA) is 117 Å². The molecule has 3 atom stereocenters. The van der Waals surface area contributed by atoms with Gasteiger partial charge < -0.3 is 15.4 Å². The Balaban J connectivity index is 5.26. The van der Waals surface area contributed by atoms with E-state index in [0.29, 0.717) is 6.42 Å². The fraction of sp³-hybridized carbons (Fsp3) is 0.850. The first-order valence-corrected chi connectivity index (χ1v) is 10.1. The molecule has 0 bridgehead atoms. The maximum atomic E-state index is 13.0. The molecular formula is C20H39N3O5. The number of carbonyl (C=O) groups excluding carboxylic acids is 3. The van der Waals surface area contributed by atoms with E-state index in [0.717, 1.165) is 32.1 Å². The lowest BCUT2D eigenvalue weighted by molar-refractivity contribution is -0.149. The molecule has 8 nitrogen and oxygen atoms in total. The normalized spacial score (nSPS) is 14.7. The monoisotopic (exact) mass is 401 g/mol. The lowest BCUT2D eigenvalue weighted by atomic mass is 9.85. The number of amides is 3. The summed E-state index contributed by atoms with van der Waals surface area (Å²) in [6, 6.07) is -0.758. The van der Waals surface area contributed by atoms with Crippen molar-refractivity contribution in [3.63, 3.8) is 0 Å². The lowest BCUT2D eigenvalue weighted by Crippen LogP contribution is -2.56. The number of hydroxylamine groups is 1. The van der Waals surface area contributed by atoms with Crippen molar-refractivity contribution in [2.75, 3.05) is 14.2 Å². The molecule has 164 valence electrons. The lowest BCUT2D eigenvalue weighted by Gasteiger charge is -2.32. The van der Waals surface area contributed by atoms with Crippen LogP contribution in [0.4, 0.5) is 0 Å². The number of carbonyl (C=O) groups is 3. The van der Waals surface area contributed by atoms with Crippen molar-refractivity contribution in [2.24, 2.45) is 11.3 Å². The average Bonchev–Trinajstić information content (AvgIpc) is 2.65. The van der Waals surface area contributed by atoms with Gasteiger partial charge in [-0.25, -0.2) is 5.48 Å². The first kappa shape index (κ1) is 26.3. The summed E-state index contributed by atoms with van der Waals surface area (Å²) in [7, 11) is 2.83. The molecule has 0 heterocycles. The number of ether oxygens (including phenoxy) is 1. The zero-order chi connectivity index (χ0) is 21.7. The number of hydrogen-bond acceptors (Lipinski definition) is 5. The van der Waals surface area contributed by atoms with Crippen molar-refractivity contribution >= 4 is 17.7 Å². The molecule has 0 aromatic carbocycles. The third-order valence-corrected chi connectivity index (χ3v) is 4.85. The Kier molecular flexibility index (Phi) is 12.7. The molecule has 0 aliphatic carbocycles. The second-order valence-electron chi connectivity index (χ2n) is 8.22. The van der Waals surface area contributed by atoms with Crippen LogP contribution in [0.1, 0.15) is 72.6 Å². The molecule has 0 fully saturated rings. The first-order valence-electron chi connectivity index (χ1n) is 10.1. The van der Waals surface area contributed by atoms with Crippen LogP contribution < -0.4 is 16.1 Å². The molecule has 0 aliphatic heterocycles. The second-order valence-corrected chi connectivity index (χ2v) is 8.22. The average molecular weight is 402 g/mol. The Morgan fingerprint density at radius 3 is 2.00 bits per heavy atom. The number of nitrogens with one attached hydrogen (secondary N) is 3. The van der Waals surface area contributed by atoms with Crippen LogP contribution in [0.15, 0.2) is 0 Å². The van der Waals surface area contributed by atoms with Gasteiger partial charge in [0.05, 0.1) is 5.92 Å². The van der Waals surface area contributed by atoms with Crippen LogP contribution in [-0.4, -0.2) is 49.2 Å². The fourth-order valence-electron chi connectivity index (χ4n) is 3.15. The van der Waals surface area contributed by atoms with E-state index in [4.69, 9.17) is 9.94 Å². The van der Waals surface area contributed by atoms with Crippen LogP contribution in [-0.2, 0) is 19.1 Å². The molecule has 0 saturated carbocycles. The van der Waals surface area contributed by atoms with Gasteiger partial charge in [0.1, 0.15) is 12.1 Å². The van der Waals surface area contributed by atoms with Crippen LogP contribution in [0.25, 0.3) is 0 Å². The van der Waals surface area contributed by atoms with E-state index in [9.17, 15) is 14.4 Å². The Morgan fingerprint density at radius 2 is 1.54 bits per heavy atom. The number of rotatable bonds is 13. The van der Waals surface area contributed by atoms with Gasteiger partial charge in [-0.1, -0.05) is 66.2 Å². The van der Waals surface area contributed by atoms with Crippen LogP contribution >= 0.6 is 0 Å². The first-order chi connectivity index (χ1) is 13.1. The highest BCUT2D eigenvalue weighted by Gasteiger charge is 2.38. The summed E-state index contributed by atoms with van der Waals surface area (Å²) >= 11 is 0. The molecular weight excluding hydrogens is 362 g/mol. The van der Waals surface area contributed by atoms with Gasteiger partial charge in [-0.3, -0.25) is 19.6 Å². The zero-order valence-corrected chi connectivity index (χ0v) is 18.3. The van der Waals surface area contributed by atoms with Gasteiger partial charge in [0, 0.05) is 14.2 Å². The molecule has 1 unspecified atom stereocenters. The molecule has 28 heavy (non-hydrogen) atoms. The van der Waals surface area contributed by atoms with Crippen molar-refractivity contribution in [3.8, 4) is 0 Å². The summed E-state index contributed by atoms with van der Waals surface area (Å²) in [6.07, 6.45) is 5.52. The molecule has 0 aliphatic rings. The molecule has 4 N–H and O–H groups in total. The van der Waals surface area contributed by atoms with Gasteiger partial charge >= 0.3 is 0 Å². The van der Waals surface area contributed by atoms with Crippen molar-refractivity contribution in [3.05, 3.63) is 0 Å². The molecule has 8 heteroatoms. The Hall–Kier alpha value is -1.67. The van der Waals surface area contributed by atoms with Crippen molar-refractivity contribution in [1.29, 1.82) is 0 Å². The summed E-state index contributed by atoms with van der Waals surface area (Å²) in [5.41, 5.74) is 1.05. The van der Waals surface area contributed by atoms with E-state index < -0.39 is 35.3 Å². The van der Waals surface area contributed by atoms with Crippen molar-refractivity contribution in [1.82, 2.24) is 16.1 Å². The van der Waals surface area contributed by atoms with E-state index >= 15 is 0 Å². The van der Waals surface area contributed by atoms with Gasteiger partial charge in [-0.05, 0) is 11.8 Å². The minimum Gasteiger partial charge on any atom is -0.371 e. The Bertz CT molecular complexity index is 491. The summed E-state index contributed by atoms with van der Waals surface area (Å²) in [6.45, 7) is 7.70. The summed E-state index contributed by atoms with van der Waals surface area (Å²) in [5, 5.41) is 14.3. The van der Waals surface area contributed by atoms with Crippen LogP contribution in [0.3, 0.4) is 0 Å².